The van der Waals surface area contributed by atoms with Gasteiger partial charge in [0, 0.05) is 19.2 Å². The zero-order valence-corrected chi connectivity index (χ0v) is 12.2. The second-order valence-corrected chi connectivity index (χ2v) is 6.07. The molecule has 1 aliphatic carbocycles. The van der Waals surface area contributed by atoms with Crippen LogP contribution in [0.5, 0.6) is 0 Å². The van der Waals surface area contributed by atoms with Gasteiger partial charge in [-0.05, 0) is 30.7 Å². The lowest BCUT2D eigenvalue weighted by Gasteiger charge is -2.36. The molecule has 2 aromatic rings. The number of aromatic nitrogens is 2. The molecule has 2 aromatic heterocycles. The van der Waals surface area contributed by atoms with Gasteiger partial charge in [-0.2, -0.15) is 4.98 Å². The summed E-state index contributed by atoms with van der Waals surface area (Å²) in [6.07, 6.45) is 4.56. The first-order chi connectivity index (χ1) is 9.86. The van der Waals surface area contributed by atoms with Gasteiger partial charge in [-0.25, -0.2) is 0 Å². The second-order valence-electron chi connectivity index (χ2n) is 5.12. The predicted octanol–water partition coefficient (Wildman–Crippen LogP) is 2.54. The highest BCUT2D eigenvalue weighted by Crippen LogP contribution is 2.27. The molecule has 0 atom stereocenters. The van der Waals surface area contributed by atoms with E-state index in [1.54, 1.807) is 11.3 Å². The third-order valence-electron chi connectivity index (χ3n) is 3.74. The number of aliphatic hydroxyl groups is 1. The van der Waals surface area contributed by atoms with Crippen LogP contribution in [0.1, 0.15) is 31.6 Å². The van der Waals surface area contributed by atoms with Crippen LogP contribution in [-0.4, -0.2) is 39.3 Å². The molecule has 0 aliphatic heterocycles. The minimum Gasteiger partial charge on any atom is -0.396 e. The highest BCUT2D eigenvalue weighted by molar-refractivity contribution is 7.13. The highest BCUT2D eigenvalue weighted by atomic mass is 32.1. The Kier molecular flexibility index (Phi) is 4.44. The van der Waals surface area contributed by atoms with Crippen molar-refractivity contribution < 1.29 is 9.63 Å². The Labute approximate surface area is 122 Å². The summed E-state index contributed by atoms with van der Waals surface area (Å²) in [7, 11) is 0. The summed E-state index contributed by atoms with van der Waals surface area (Å²) in [4.78, 5) is 7.86. The lowest BCUT2D eigenvalue weighted by Crippen LogP contribution is -2.40. The molecule has 3 rings (SSSR count). The number of thiophene rings is 1. The van der Waals surface area contributed by atoms with E-state index in [0.717, 1.165) is 17.8 Å². The Hall–Kier alpha value is -1.24. The molecule has 5 nitrogen and oxygen atoms in total. The Morgan fingerprint density at radius 1 is 1.45 bits per heavy atom. The zero-order valence-electron chi connectivity index (χ0n) is 11.4. The molecule has 1 fully saturated rings. The van der Waals surface area contributed by atoms with Crippen molar-refractivity contribution in [2.24, 2.45) is 0 Å². The first-order valence-corrected chi connectivity index (χ1v) is 7.96. The first-order valence-electron chi connectivity index (χ1n) is 7.08. The molecule has 1 saturated carbocycles. The molecule has 0 aromatic carbocycles. The third kappa shape index (κ3) is 3.08. The minimum absolute atomic E-state index is 0.230. The molecule has 6 heteroatoms. The van der Waals surface area contributed by atoms with Gasteiger partial charge >= 0.3 is 0 Å². The Morgan fingerprint density at radius 3 is 3.00 bits per heavy atom. The summed E-state index contributed by atoms with van der Waals surface area (Å²) in [5, 5.41) is 15.1. The highest BCUT2D eigenvalue weighted by Gasteiger charge is 2.26. The van der Waals surface area contributed by atoms with Crippen LogP contribution in [0, 0.1) is 0 Å². The maximum absolute atomic E-state index is 9.01. The maximum atomic E-state index is 9.01. The van der Waals surface area contributed by atoms with Crippen LogP contribution < -0.4 is 0 Å². The van der Waals surface area contributed by atoms with E-state index in [2.05, 4.69) is 15.0 Å². The summed E-state index contributed by atoms with van der Waals surface area (Å²) in [5.41, 5.74) is 0. The summed E-state index contributed by atoms with van der Waals surface area (Å²) < 4.78 is 5.36. The van der Waals surface area contributed by atoms with Crippen LogP contribution in [0.25, 0.3) is 10.7 Å². The average Bonchev–Trinajstić information content (AvgIpc) is 3.04. The van der Waals surface area contributed by atoms with Crippen molar-refractivity contribution >= 4 is 11.3 Å². The monoisotopic (exact) mass is 293 g/mol. The van der Waals surface area contributed by atoms with Crippen molar-refractivity contribution in [3.8, 4) is 10.7 Å². The van der Waals surface area contributed by atoms with E-state index in [1.165, 1.54) is 19.3 Å². The van der Waals surface area contributed by atoms with E-state index in [0.29, 0.717) is 24.3 Å². The van der Waals surface area contributed by atoms with Gasteiger partial charge in [0.05, 0.1) is 11.4 Å². The molecule has 20 heavy (non-hydrogen) atoms. The number of hydrogen-bond donors (Lipinski definition) is 1. The molecule has 0 unspecified atom stereocenters. The zero-order chi connectivity index (χ0) is 13.8. The smallest absolute Gasteiger partial charge is 0.241 e. The van der Waals surface area contributed by atoms with E-state index in [4.69, 9.17) is 9.63 Å². The number of aliphatic hydroxyl groups excluding tert-OH is 1. The molecule has 0 bridgehead atoms. The summed E-state index contributed by atoms with van der Waals surface area (Å²) in [6, 6.07) is 4.59. The minimum atomic E-state index is 0.230. The molecule has 0 saturated heterocycles. The van der Waals surface area contributed by atoms with Gasteiger partial charge in [-0.3, -0.25) is 4.90 Å². The molecule has 108 valence electrons. The second kappa shape index (κ2) is 6.47. The lowest BCUT2D eigenvalue weighted by molar-refractivity contribution is 0.0969. The van der Waals surface area contributed by atoms with Crippen LogP contribution in [0.4, 0.5) is 0 Å². The molecule has 1 aliphatic rings. The van der Waals surface area contributed by atoms with Crippen LogP contribution in [0.15, 0.2) is 22.0 Å². The van der Waals surface area contributed by atoms with Gasteiger partial charge in [0.1, 0.15) is 0 Å². The average molecular weight is 293 g/mol. The molecule has 1 N–H and O–H groups in total. The Bertz CT molecular complexity index is 522. The van der Waals surface area contributed by atoms with Crippen molar-refractivity contribution in [2.75, 3.05) is 13.2 Å². The topological polar surface area (TPSA) is 62.4 Å². The number of hydrogen-bond acceptors (Lipinski definition) is 6. The van der Waals surface area contributed by atoms with Crippen molar-refractivity contribution in [3.05, 3.63) is 23.4 Å². The van der Waals surface area contributed by atoms with Crippen LogP contribution in [0.3, 0.4) is 0 Å². The van der Waals surface area contributed by atoms with E-state index in [9.17, 15) is 0 Å². The van der Waals surface area contributed by atoms with Crippen molar-refractivity contribution in [3.63, 3.8) is 0 Å². The number of nitrogens with zero attached hydrogens (tertiary/aromatic N) is 3. The lowest BCUT2D eigenvalue weighted by atomic mass is 9.91. The third-order valence-corrected chi connectivity index (χ3v) is 4.61. The van der Waals surface area contributed by atoms with Gasteiger partial charge in [-0.15, -0.1) is 11.3 Å². The van der Waals surface area contributed by atoms with Gasteiger partial charge < -0.3 is 9.63 Å². The fourth-order valence-electron chi connectivity index (χ4n) is 2.42. The standard InChI is InChI=1S/C14H19N3O2S/c18-8-3-7-17(11-4-1-5-11)10-13-15-14(16-19-13)12-6-2-9-20-12/h2,6,9,11,18H,1,3-5,7-8,10H2. The van der Waals surface area contributed by atoms with Gasteiger partial charge in [0.25, 0.3) is 0 Å². The van der Waals surface area contributed by atoms with Crippen molar-refractivity contribution in [1.29, 1.82) is 0 Å². The van der Waals surface area contributed by atoms with E-state index in [-0.39, 0.29) is 6.61 Å². The molecular formula is C14H19N3O2S. The SMILES string of the molecule is OCCCN(Cc1nc(-c2cccs2)no1)C1CCC1. The van der Waals surface area contributed by atoms with Crippen LogP contribution >= 0.6 is 11.3 Å². The maximum Gasteiger partial charge on any atom is 0.241 e. The molecule has 0 radical (unpaired) electrons. The fraction of sp³-hybridized carbons (Fsp3) is 0.571. The van der Waals surface area contributed by atoms with Gasteiger partial charge in [0.15, 0.2) is 0 Å². The van der Waals surface area contributed by atoms with E-state index in [1.807, 2.05) is 17.5 Å². The van der Waals surface area contributed by atoms with Gasteiger partial charge in [-0.1, -0.05) is 17.6 Å². The summed E-state index contributed by atoms with van der Waals surface area (Å²) in [6.45, 7) is 1.80. The normalized spacial score (nSPS) is 15.7. The fourth-order valence-corrected chi connectivity index (χ4v) is 3.06. The summed E-state index contributed by atoms with van der Waals surface area (Å²) in [5.74, 6) is 1.34. The first kappa shape index (κ1) is 13.7. The molecular weight excluding hydrogens is 274 g/mol. The van der Waals surface area contributed by atoms with E-state index < -0.39 is 0 Å². The van der Waals surface area contributed by atoms with Crippen molar-refractivity contribution in [1.82, 2.24) is 15.0 Å². The largest absolute Gasteiger partial charge is 0.396 e. The quantitative estimate of drug-likeness (QED) is 0.850. The summed E-state index contributed by atoms with van der Waals surface area (Å²) >= 11 is 1.61. The van der Waals surface area contributed by atoms with Crippen molar-refractivity contribution in [2.45, 2.75) is 38.3 Å². The molecule has 0 spiro atoms. The molecule has 0 amide bonds. The Balaban J connectivity index is 1.65. The molecule has 2 heterocycles. The van der Waals surface area contributed by atoms with Gasteiger partial charge in [0.2, 0.25) is 11.7 Å². The van der Waals surface area contributed by atoms with Crippen LogP contribution in [-0.2, 0) is 6.54 Å². The Morgan fingerprint density at radius 2 is 2.35 bits per heavy atom. The van der Waals surface area contributed by atoms with E-state index >= 15 is 0 Å². The van der Waals surface area contributed by atoms with Crippen LogP contribution in [0.2, 0.25) is 0 Å². The predicted molar refractivity (Wildman–Crippen MR) is 77.4 cm³/mol. The number of rotatable bonds is 7.